The van der Waals surface area contributed by atoms with Gasteiger partial charge in [0.15, 0.2) is 0 Å². The van der Waals surface area contributed by atoms with Gasteiger partial charge in [0.05, 0.1) is 6.61 Å². The standard InChI is InChI=1S/C20H34O5S.Na/c1-4-7-8-9-10-11-12-18-13-15-19(16-14-18)20(25-6-3,17-24-5-2)26(21,22)23;/h13-16H,4-12,17H2,1-3H3,(H,21,22,23);/q;+1/p-1. The van der Waals surface area contributed by atoms with Crippen molar-refractivity contribution in [1.82, 2.24) is 0 Å². The monoisotopic (exact) mass is 408 g/mol. The van der Waals surface area contributed by atoms with E-state index in [0.29, 0.717) is 12.2 Å². The Hall–Kier alpha value is 0.0500. The molecule has 0 saturated carbocycles. The average molecular weight is 409 g/mol. The quantitative estimate of drug-likeness (QED) is 0.264. The van der Waals surface area contributed by atoms with Gasteiger partial charge in [-0.15, -0.1) is 0 Å². The van der Waals surface area contributed by atoms with Crippen molar-refractivity contribution in [1.29, 1.82) is 0 Å². The van der Waals surface area contributed by atoms with Crippen LogP contribution in [-0.2, 0) is 30.9 Å². The normalized spacial score (nSPS) is 13.8. The zero-order chi connectivity index (χ0) is 19.5. The maximum atomic E-state index is 12.0. The van der Waals surface area contributed by atoms with Gasteiger partial charge >= 0.3 is 29.6 Å². The number of hydrogen-bond donors (Lipinski definition) is 0. The van der Waals surface area contributed by atoms with E-state index in [2.05, 4.69) is 6.92 Å². The molecule has 1 unspecified atom stereocenters. The molecule has 0 amide bonds. The van der Waals surface area contributed by atoms with Gasteiger partial charge in [0, 0.05) is 18.8 Å². The molecule has 0 aliphatic rings. The minimum atomic E-state index is -4.75. The molecule has 0 aromatic heterocycles. The molecule has 0 N–H and O–H groups in total. The fourth-order valence-corrected chi connectivity index (χ4v) is 3.92. The van der Waals surface area contributed by atoms with E-state index >= 15 is 0 Å². The number of hydrogen-bond acceptors (Lipinski definition) is 5. The van der Waals surface area contributed by atoms with Crippen LogP contribution in [0.3, 0.4) is 0 Å². The van der Waals surface area contributed by atoms with Gasteiger partial charge in [-0.3, -0.25) is 0 Å². The summed E-state index contributed by atoms with van der Waals surface area (Å²) in [5, 5.41) is 0. The Morgan fingerprint density at radius 1 is 0.926 bits per heavy atom. The molecule has 0 fully saturated rings. The Labute approximate surface area is 187 Å². The topological polar surface area (TPSA) is 75.7 Å². The second-order valence-corrected chi connectivity index (χ2v) is 8.06. The fraction of sp³-hybridized carbons (Fsp3) is 0.700. The predicted molar refractivity (Wildman–Crippen MR) is 103 cm³/mol. The minimum Gasteiger partial charge on any atom is -0.745 e. The number of ether oxygens (including phenoxy) is 2. The summed E-state index contributed by atoms with van der Waals surface area (Å²) in [6.07, 6.45) is 8.32. The summed E-state index contributed by atoms with van der Waals surface area (Å²) in [5.41, 5.74) is 1.46. The largest absolute Gasteiger partial charge is 1.00 e. The van der Waals surface area contributed by atoms with Crippen LogP contribution in [0.25, 0.3) is 0 Å². The van der Waals surface area contributed by atoms with Crippen LogP contribution in [0.2, 0.25) is 0 Å². The van der Waals surface area contributed by atoms with Gasteiger partial charge < -0.3 is 14.0 Å². The Kier molecular flexibility index (Phi) is 14.1. The van der Waals surface area contributed by atoms with Crippen LogP contribution < -0.4 is 29.6 Å². The molecular formula is C20H33NaO5S. The number of unbranched alkanes of at least 4 members (excludes halogenated alkanes) is 5. The molecule has 0 aliphatic heterocycles. The van der Waals surface area contributed by atoms with E-state index in [1.165, 1.54) is 32.1 Å². The molecule has 150 valence electrons. The van der Waals surface area contributed by atoms with Crippen molar-refractivity contribution < 1.29 is 52.0 Å². The molecular weight excluding hydrogens is 375 g/mol. The predicted octanol–water partition coefficient (Wildman–Crippen LogP) is 1.36. The smallest absolute Gasteiger partial charge is 0.745 e. The summed E-state index contributed by atoms with van der Waals surface area (Å²) in [6.45, 7) is 5.72. The maximum absolute atomic E-state index is 12.0. The molecule has 1 aromatic carbocycles. The zero-order valence-electron chi connectivity index (χ0n) is 17.3. The molecule has 0 spiro atoms. The second kappa shape index (κ2) is 14.1. The van der Waals surface area contributed by atoms with E-state index < -0.39 is 15.1 Å². The fourth-order valence-electron chi connectivity index (χ4n) is 3.00. The first-order valence-electron chi connectivity index (χ1n) is 9.67. The van der Waals surface area contributed by atoms with Crippen LogP contribution in [-0.4, -0.2) is 32.8 Å². The van der Waals surface area contributed by atoms with Crippen LogP contribution in [0, 0.1) is 0 Å². The number of benzene rings is 1. The van der Waals surface area contributed by atoms with Crippen LogP contribution in [0.4, 0.5) is 0 Å². The molecule has 0 saturated heterocycles. The van der Waals surface area contributed by atoms with Gasteiger partial charge in [-0.05, 0) is 32.3 Å². The molecule has 0 bridgehead atoms. The Morgan fingerprint density at radius 2 is 1.52 bits per heavy atom. The van der Waals surface area contributed by atoms with Gasteiger partial charge in [-0.1, -0.05) is 63.3 Å². The van der Waals surface area contributed by atoms with Gasteiger partial charge in [-0.25, -0.2) is 8.42 Å². The van der Waals surface area contributed by atoms with E-state index in [4.69, 9.17) is 9.47 Å². The SMILES string of the molecule is CCCCCCCCc1ccc(C(COCC)(OCC)S(=O)(=O)[O-])cc1.[Na+]. The average Bonchev–Trinajstić information content (AvgIpc) is 2.61. The van der Waals surface area contributed by atoms with Crippen LogP contribution in [0.1, 0.15) is 70.4 Å². The maximum Gasteiger partial charge on any atom is 1.00 e. The molecule has 27 heavy (non-hydrogen) atoms. The molecule has 7 heteroatoms. The summed E-state index contributed by atoms with van der Waals surface area (Å²) in [6, 6.07) is 7.12. The third-order valence-corrected chi connectivity index (χ3v) is 5.77. The van der Waals surface area contributed by atoms with Crippen molar-refractivity contribution in [2.45, 2.75) is 70.7 Å². The molecule has 1 rings (SSSR count). The van der Waals surface area contributed by atoms with Gasteiger partial charge in [0.1, 0.15) is 10.1 Å². The van der Waals surface area contributed by atoms with E-state index in [-0.39, 0.29) is 42.8 Å². The van der Waals surface area contributed by atoms with Crippen LogP contribution in [0.5, 0.6) is 0 Å². The number of aryl methyl sites for hydroxylation is 1. The first kappa shape index (κ1) is 27.0. The van der Waals surface area contributed by atoms with Gasteiger partial charge in [-0.2, -0.15) is 0 Å². The van der Waals surface area contributed by atoms with Crippen LogP contribution in [0.15, 0.2) is 24.3 Å². The number of rotatable bonds is 14. The van der Waals surface area contributed by atoms with Crippen molar-refractivity contribution in [2.24, 2.45) is 0 Å². The molecule has 0 radical (unpaired) electrons. The third kappa shape index (κ3) is 8.52. The third-order valence-electron chi connectivity index (χ3n) is 4.49. The van der Waals surface area contributed by atoms with Crippen molar-refractivity contribution in [3.8, 4) is 0 Å². The van der Waals surface area contributed by atoms with E-state index in [0.717, 1.165) is 18.4 Å². The van der Waals surface area contributed by atoms with Crippen molar-refractivity contribution in [2.75, 3.05) is 19.8 Å². The summed E-state index contributed by atoms with van der Waals surface area (Å²) in [5.74, 6) is 0. The summed E-state index contributed by atoms with van der Waals surface area (Å²) >= 11 is 0. The minimum absolute atomic E-state index is 0. The van der Waals surface area contributed by atoms with Gasteiger partial charge in [0.2, 0.25) is 4.93 Å². The Balaban J connectivity index is 0.00000676. The summed E-state index contributed by atoms with van der Waals surface area (Å²) < 4.78 is 46.6. The van der Waals surface area contributed by atoms with E-state index in [1.807, 2.05) is 12.1 Å². The first-order chi connectivity index (χ1) is 12.4. The van der Waals surface area contributed by atoms with Crippen molar-refractivity contribution in [3.05, 3.63) is 35.4 Å². The molecule has 5 nitrogen and oxygen atoms in total. The zero-order valence-corrected chi connectivity index (χ0v) is 20.1. The molecule has 0 heterocycles. The molecule has 1 atom stereocenters. The van der Waals surface area contributed by atoms with E-state index in [1.54, 1.807) is 26.0 Å². The second-order valence-electron chi connectivity index (χ2n) is 6.49. The van der Waals surface area contributed by atoms with Crippen molar-refractivity contribution in [3.63, 3.8) is 0 Å². The van der Waals surface area contributed by atoms with Crippen LogP contribution >= 0.6 is 0 Å². The Morgan fingerprint density at radius 3 is 2.04 bits per heavy atom. The first-order valence-corrected chi connectivity index (χ1v) is 11.1. The molecule has 0 aliphatic carbocycles. The van der Waals surface area contributed by atoms with Gasteiger partial charge in [0.25, 0.3) is 0 Å². The Bertz CT molecular complexity index is 603. The summed E-state index contributed by atoms with van der Waals surface area (Å²) in [4.78, 5) is -1.99. The summed E-state index contributed by atoms with van der Waals surface area (Å²) in [7, 11) is -4.75. The van der Waals surface area contributed by atoms with E-state index in [9.17, 15) is 13.0 Å². The molecule has 1 aromatic rings. The van der Waals surface area contributed by atoms with Crippen molar-refractivity contribution >= 4 is 10.1 Å².